The molecule has 1 spiro atoms. The molecule has 0 aliphatic carbocycles. The minimum atomic E-state index is -0.494. The third kappa shape index (κ3) is 5.79. The van der Waals surface area contributed by atoms with E-state index < -0.39 is 5.54 Å². The number of anilines is 1. The van der Waals surface area contributed by atoms with Crippen molar-refractivity contribution < 1.29 is 18.8 Å². The van der Waals surface area contributed by atoms with Gasteiger partial charge in [0.05, 0.1) is 12.4 Å². The van der Waals surface area contributed by atoms with Gasteiger partial charge in [-0.25, -0.2) is 4.39 Å². The number of hydrogen-bond donors (Lipinski definition) is 2. The second kappa shape index (κ2) is 11.3. The fraction of sp³-hybridized carbons (Fsp3) is 0.423. The minimum absolute atomic E-state index is 0.111. The van der Waals surface area contributed by atoms with Crippen molar-refractivity contribution in [2.45, 2.75) is 31.2 Å². The van der Waals surface area contributed by atoms with Crippen LogP contribution in [0.1, 0.15) is 31.2 Å². The average Bonchev–Trinajstić information content (AvgIpc) is 3.20. The van der Waals surface area contributed by atoms with E-state index in [9.17, 15) is 14.0 Å². The molecule has 2 aromatic rings. The average molecular weight is 482 g/mol. The highest BCUT2D eigenvalue weighted by Gasteiger charge is 2.50. The highest BCUT2D eigenvalue weighted by molar-refractivity contribution is 6.00. The molecule has 2 aromatic carbocycles. The first-order chi connectivity index (χ1) is 17.0. The van der Waals surface area contributed by atoms with Gasteiger partial charge in [-0.15, -0.1) is 0 Å². The Bertz CT molecular complexity index is 1040. The summed E-state index contributed by atoms with van der Waals surface area (Å²) >= 11 is 0. The third-order valence-electron chi connectivity index (χ3n) is 6.80. The molecule has 35 heavy (non-hydrogen) atoms. The summed E-state index contributed by atoms with van der Waals surface area (Å²) in [5, 5.41) is 9.69. The van der Waals surface area contributed by atoms with Gasteiger partial charge >= 0.3 is 0 Å². The predicted octanol–water partition coefficient (Wildman–Crippen LogP) is 2.50. The summed E-state index contributed by atoms with van der Waals surface area (Å²) in [6.45, 7) is 2.87. The zero-order valence-electron chi connectivity index (χ0n) is 20.0. The number of amides is 2. The zero-order valence-corrected chi connectivity index (χ0v) is 20.0. The number of carbonyl (C=O) groups is 2. The molecular weight excluding hydrogens is 449 g/mol. The van der Waals surface area contributed by atoms with Crippen molar-refractivity contribution >= 4 is 23.2 Å². The number of halogens is 1. The van der Waals surface area contributed by atoms with Crippen LogP contribution in [0, 0.1) is 5.82 Å². The summed E-state index contributed by atoms with van der Waals surface area (Å²) in [6, 6.07) is 16.2. The van der Waals surface area contributed by atoms with Crippen molar-refractivity contribution in [3.8, 4) is 0 Å². The van der Waals surface area contributed by atoms with Crippen molar-refractivity contribution in [2.75, 3.05) is 44.9 Å². The van der Waals surface area contributed by atoms with Crippen LogP contribution < -0.4 is 15.5 Å². The number of nitrogens with one attached hydrogen (secondary N) is 2. The van der Waals surface area contributed by atoms with Gasteiger partial charge in [-0.3, -0.25) is 9.59 Å². The third-order valence-corrected chi connectivity index (χ3v) is 6.80. The lowest BCUT2D eigenvalue weighted by Crippen LogP contribution is -2.56. The van der Waals surface area contributed by atoms with E-state index in [1.54, 1.807) is 12.1 Å². The van der Waals surface area contributed by atoms with Crippen molar-refractivity contribution in [3.05, 3.63) is 66.0 Å². The number of likely N-dealkylation sites (tertiary alicyclic amines) is 1. The largest absolute Gasteiger partial charge is 0.385 e. The molecule has 0 saturated carbocycles. The second-order valence-corrected chi connectivity index (χ2v) is 8.90. The van der Waals surface area contributed by atoms with E-state index in [-0.39, 0.29) is 24.2 Å². The Morgan fingerprint density at radius 1 is 1.14 bits per heavy atom. The predicted molar refractivity (Wildman–Crippen MR) is 133 cm³/mol. The molecule has 2 amide bonds. The summed E-state index contributed by atoms with van der Waals surface area (Å²) in [4.78, 5) is 34.1. The molecule has 2 aliphatic heterocycles. The fourth-order valence-electron chi connectivity index (χ4n) is 4.78. The van der Waals surface area contributed by atoms with Gasteiger partial charge in [0.15, 0.2) is 6.61 Å². The Labute approximate surface area is 205 Å². The monoisotopic (exact) mass is 481 g/mol. The first-order valence-electron chi connectivity index (χ1n) is 12.0. The topological polar surface area (TPSA) is 86.3 Å². The molecule has 2 N–H and O–H groups in total. The maximum atomic E-state index is 13.4. The number of oxime groups is 1. The van der Waals surface area contributed by atoms with Crippen LogP contribution in [0.5, 0.6) is 0 Å². The van der Waals surface area contributed by atoms with Gasteiger partial charge in [0, 0.05) is 25.8 Å². The lowest BCUT2D eigenvalue weighted by molar-refractivity contribution is -0.125. The number of carbonyl (C=O) groups excluding carboxylic acids is 2. The molecule has 2 saturated heterocycles. The van der Waals surface area contributed by atoms with Crippen LogP contribution in [0.2, 0.25) is 0 Å². The van der Waals surface area contributed by atoms with Gasteiger partial charge in [0.2, 0.25) is 5.91 Å². The fourth-order valence-corrected chi connectivity index (χ4v) is 4.78. The van der Waals surface area contributed by atoms with Crippen LogP contribution in [0.4, 0.5) is 10.1 Å². The van der Waals surface area contributed by atoms with Crippen LogP contribution in [-0.4, -0.2) is 67.9 Å². The number of likely N-dealkylation sites (N-methyl/N-ethyl adjacent to an activating group) is 1. The first-order valence-corrected chi connectivity index (χ1v) is 12.0. The molecule has 0 atom stereocenters. The second-order valence-electron chi connectivity index (χ2n) is 8.90. The van der Waals surface area contributed by atoms with Crippen molar-refractivity contribution in [3.63, 3.8) is 0 Å². The molecule has 0 radical (unpaired) electrons. The normalized spacial score (nSPS) is 17.9. The zero-order chi connectivity index (χ0) is 24.7. The molecule has 4 rings (SSSR count). The van der Waals surface area contributed by atoms with E-state index in [1.807, 2.05) is 18.2 Å². The Hall–Kier alpha value is -3.46. The number of hydrogen-bond acceptors (Lipinski definition) is 6. The molecule has 2 heterocycles. The van der Waals surface area contributed by atoms with Gasteiger partial charge in [0.1, 0.15) is 11.4 Å². The maximum absolute atomic E-state index is 13.4. The first kappa shape index (κ1) is 24.7. The van der Waals surface area contributed by atoms with E-state index in [0.29, 0.717) is 18.8 Å². The van der Waals surface area contributed by atoms with Crippen LogP contribution in [0.15, 0.2) is 59.8 Å². The molecule has 0 unspecified atom stereocenters. The molecule has 2 fully saturated rings. The van der Waals surface area contributed by atoms with Gasteiger partial charge in [-0.05, 0) is 62.1 Å². The van der Waals surface area contributed by atoms with Crippen LogP contribution in [-0.2, 0) is 14.4 Å². The number of para-hydroxylation sites is 1. The van der Waals surface area contributed by atoms with Crippen molar-refractivity contribution in [2.24, 2.45) is 5.16 Å². The molecule has 0 aromatic heterocycles. The van der Waals surface area contributed by atoms with E-state index in [4.69, 9.17) is 4.84 Å². The van der Waals surface area contributed by atoms with E-state index in [0.717, 1.165) is 50.1 Å². The van der Waals surface area contributed by atoms with Gasteiger partial charge < -0.3 is 25.3 Å². The molecule has 186 valence electrons. The van der Waals surface area contributed by atoms with Gasteiger partial charge in [-0.1, -0.05) is 35.5 Å². The molecule has 2 aliphatic rings. The summed E-state index contributed by atoms with van der Waals surface area (Å²) < 4.78 is 13.4. The van der Waals surface area contributed by atoms with Gasteiger partial charge in [-0.2, -0.15) is 0 Å². The highest BCUT2D eigenvalue weighted by atomic mass is 19.1. The lowest BCUT2D eigenvalue weighted by Gasteiger charge is -2.43. The van der Waals surface area contributed by atoms with E-state index in [1.165, 1.54) is 19.2 Å². The van der Waals surface area contributed by atoms with Crippen LogP contribution >= 0.6 is 0 Å². The standard InChI is InChI=1S/C26H32FN5O3/c1-28-24(33)18-35-30-23(20-9-11-21(27)12-10-20)8-5-15-31-16-13-26(14-17-31)25(34)29-19-32(26)22-6-3-2-4-7-22/h2-4,6-7,9-12H,5,8,13-19H2,1H3,(H,28,33)(H,29,34)/b30-23-. The van der Waals surface area contributed by atoms with Crippen LogP contribution in [0.3, 0.4) is 0 Å². The molecule has 8 nitrogen and oxygen atoms in total. The Morgan fingerprint density at radius 3 is 2.54 bits per heavy atom. The number of nitrogens with zero attached hydrogens (tertiary/aromatic N) is 3. The number of benzene rings is 2. The smallest absolute Gasteiger partial charge is 0.260 e. The molecule has 0 bridgehead atoms. The summed E-state index contributed by atoms with van der Waals surface area (Å²) in [7, 11) is 1.54. The van der Waals surface area contributed by atoms with Crippen molar-refractivity contribution in [1.29, 1.82) is 0 Å². The summed E-state index contributed by atoms with van der Waals surface area (Å²) in [5.74, 6) is -0.475. The van der Waals surface area contributed by atoms with Gasteiger partial charge in [0.25, 0.3) is 5.91 Å². The van der Waals surface area contributed by atoms with Crippen molar-refractivity contribution in [1.82, 2.24) is 15.5 Å². The minimum Gasteiger partial charge on any atom is -0.385 e. The number of piperidine rings is 1. The maximum Gasteiger partial charge on any atom is 0.260 e. The summed E-state index contributed by atoms with van der Waals surface area (Å²) in [6.07, 6.45) is 2.97. The number of rotatable bonds is 9. The molecular formula is C26H32FN5O3. The Morgan fingerprint density at radius 2 is 1.86 bits per heavy atom. The lowest BCUT2D eigenvalue weighted by atomic mass is 9.85. The van der Waals surface area contributed by atoms with E-state index >= 15 is 0 Å². The van der Waals surface area contributed by atoms with Crippen LogP contribution in [0.25, 0.3) is 0 Å². The SMILES string of the molecule is CNC(=O)CO/N=C(/CCCN1CCC2(CC1)C(=O)NCN2c1ccccc1)c1ccc(F)cc1. The Kier molecular flexibility index (Phi) is 7.97. The Balaban J connectivity index is 1.33. The highest BCUT2D eigenvalue weighted by Crippen LogP contribution is 2.36. The van der Waals surface area contributed by atoms with E-state index in [2.05, 4.69) is 37.7 Å². The summed E-state index contributed by atoms with van der Waals surface area (Å²) in [5.41, 5.74) is 2.01. The quantitative estimate of drug-likeness (QED) is 0.425. The molecule has 9 heteroatoms.